The van der Waals surface area contributed by atoms with E-state index in [4.69, 9.17) is 10.1 Å². The smallest absolute Gasteiger partial charge is 0.356 e. The molecule has 1 atom stereocenters. The highest BCUT2D eigenvalue weighted by Crippen LogP contribution is 2.29. The standard InChI is InChI=1S/C26H25F2N5O4S.3C2H6/c1-36-26(35)19-9-6-14(12-30-19)15-11-17(25(31-13-15)32-20-5-3-4-10-37-20)22(29)24(34)16-7-8-18(27)23(21(16)28)33-38-2;3*1-2/h6-9,11-13,20,29,33H,3-5,10H2,1-2H3,(H,31,32);3*1-2H3. The molecule has 1 aromatic carbocycles. The van der Waals surface area contributed by atoms with Gasteiger partial charge in [-0.05, 0) is 43.5 Å². The highest BCUT2D eigenvalue weighted by molar-refractivity contribution is 7.99. The summed E-state index contributed by atoms with van der Waals surface area (Å²) in [7, 11) is 1.25. The van der Waals surface area contributed by atoms with Crippen molar-refractivity contribution in [2.75, 3.05) is 30.0 Å². The first-order valence-electron chi connectivity index (χ1n) is 14.7. The molecule has 0 spiro atoms. The molecule has 1 saturated heterocycles. The van der Waals surface area contributed by atoms with Gasteiger partial charge < -0.3 is 19.5 Å². The summed E-state index contributed by atoms with van der Waals surface area (Å²) in [6, 6.07) is 6.64. The zero-order valence-corrected chi connectivity index (χ0v) is 27.5. The zero-order valence-electron chi connectivity index (χ0n) is 26.6. The van der Waals surface area contributed by atoms with Gasteiger partial charge in [0.15, 0.2) is 5.82 Å². The Morgan fingerprint density at radius 1 is 0.977 bits per heavy atom. The van der Waals surface area contributed by atoms with Gasteiger partial charge >= 0.3 is 5.97 Å². The van der Waals surface area contributed by atoms with Crippen LogP contribution < -0.4 is 10.0 Å². The summed E-state index contributed by atoms with van der Waals surface area (Å²) in [4.78, 5) is 33.5. The lowest BCUT2D eigenvalue weighted by Crippen LogP contribution is -2.29. The molecular formula is C32H43F2N5O4S. The summed E-state index contributed by atoms with van der Waals surface area (Å²) in [5.74, 6) is -3.28. The molecule has 1 aliphatic heterocycles. The van der Waals surface area contributed by atoms with E-state index in [1.807, 2.05) is 41.5 Å². The highest BCUT2D eigenvalue weighted by Gasteiger charge is 2.26. The Labute approximate surface area is 263 Å². The monoisotopic (exact) mass is 631 g/mol. The number of Topliss-reactive ketones (excluding diaryl/α,β-unsaturated/α-hetero) is 1. The second kappa shape index (κ2) is 20.1. The summed E-state index contributed by atoms with van der Waals surface area (Å²) in [5.41, 5.74) is -0.191. The maximum Gasteiger partial charge on any atom is 0.356 e. The fourth-order valence-electron chi connectivity index (χ4n) is 3.91. The van der Waals surface area contributed by atoms with Gasteiger partial charge in [0.1, 0.15) is 35.0 Å². The lowest BCUT2D eigenvalue weighted by molar-refractivity contribution is 0.0341. The molecule has 0 aliphatic carbocycles. The third kappa shape index (κ3) is 9.81. The van der Waals surface area contributed by atoms with E-state index in [0.29, 0.717) is 24.2 Å². The van der Waals surface area contributed by atoms with Gasteiger partial charge in [0.2, 0.25) is 5.78 Å². The molecule has 0 radical (unpaired) electrons. The number of halogens is 2. The van der Waals surface area contributed by atoms with Gasteiger partial charge in [-0.1, -0.05) is 59.6 Å². The molecule has 3 N–H and O–H groups in total. The maximum absolute atomic E-state index is 15.1. The fraction of sp³-hybridized carbons (Fsp3) is 0.406. The number of carbonyl (C=O) groups is 2. The molecule has 3 aromatic rings. The van der Waals surface area contributed by atoms with Crippen LogP contribution >= 0.6 is 11.9 Å². The van der Waals surface area contributed by atoms with Gasteiger partial charge in [0.05, 0.1) is 12.7 Å². The number of esters is 1. The van der Waals surface area contributed by atoms with E-state index in [1.54, 1.807) is 18.4 Å². The number of aromatic nitrogens is 2. The van der Waals surface area contributed by atoms with Crippen LogP contribution in [0.4, 0.5) is 20.3 Å². The molecule has 9 nitrogen and oxygen atoms in total. The summed E-state index contributed by atoms with van der Waals surface area (Å²) in [5, 5.41) is 11.8. The van der Waals surface area contributed by atoms with E-state index in [-0.39, 0.29) is 23.3 Å². The average Bonchev–Trinajstić information content (AvgIpc) is 3.09. The second-order valence-corrected chi connectivity index (χ2v) is 8.95. The Kier molecular flexibility index (Phi) is 17.4. The number of hydrogen-bond acceptors (Lipinski definition) is 10. The van der Waals surface area contributed by atoms with Crippen LogP contribution in [0.2, 0.25) is 0 Å². The maximum atomic E-state index is 15.1. The minimum absolute atomic E-state index is 0.0989. The average molecular weight is 632 g/mol. The first-order chi connectivity index (χ1) is 21.3. The molecule has 0 amide bonds. The molecule has 1 aliphatic rings. The molecular weight excluding hydrogens is 588 g/mol. The van der Waals surface area contributed by atoms with Gasteiger partial charge in [-0.2, -0.15) is 0 Å². The van der Waals surface area contributed by atoms with Crippen LogP contribution in [0.5, 0.6) is 0 Å². The Bertz CT molecular complexity index is 1370. The van der Waals surface area contributed by atoms with Crippen LogP contribution in [-0.4, -0.2) is 53.6 Å². The predicted molar refractivity (Wildman–Crippen MR) is 175 cm³/mol. The molecule has 1 fully saturated rings. The predicted octanol–water partition coefficient (Wildman–Crippen LogP) is 8.17. The van der Waals surface area contributed by atoms with Crippen LogP contribution in [0.15, 0.2) is 42.7 Å². The number of pyridine rings is 2. The lowest BCUT2D eigenvalue weighted by Gasteiger charge is -2.25. The highest BCUT2D eigenvalue weighted by atomic mass is 32.2. The Hall–Kier alpha value is -3.90. The lowest BCUT2D eigenvalue weighted by atomic mass is 9.97. The zero-order chi connectivity index (χ0) is 33.2. The van der Waals surface area contributed by atoms with E-state index in [9.17, 15) is 14.0 Å². The fourth-order valence-corrected chi connectivity index (χ4v) is 4.30. The molecule has 3 heterocycles. The van der Waals surface area contributed by atoms with Crippen molar-refractivity contribution in [3.05, 3.63) is 71.2 Å². The minimum Gasteiger partial charge on any atom is -0.464 e. The minimum atomic E-state index is -1.09. The number of hydrogen-bond donors (Lipinski definition) is 3. The number of nitrogens with one attached hydrogen (secondary N) is 3. The molecule has 0 bridgehead atoms. The summed E-state index contributed by atoms with van der Waals surface area (Å²) < 4.78 is 42.1. The van der Waals surface area contributed by atoms with E-state index < -0.39 is 40.3 Å². The van der Waals surface area contributed by atoms with E-state index in [2.05, 4.69) is 24.7 Å². The quantitative estimate of drug-likeness (QED) is 0.0928. The molecule has 4 rings (SSSR count). The van der Waals surface area contributed by atoms with Crippen LogP contribution in [0, 0.1) is 17.0 Å². The number of nitrogens with zero attached hydrogens (tertiary/aromatic N) is 2. The third-order valence-corrected chi connectivity index (χ3v) is 6.30. The normalized spacial score (nSPS) is 13.4. The molecule has 0 saturated carbocycles. The first-order valence-corrected chi connectivity index (χ1v) is 15.9. The SMILES string of the molecule is CC.CC.CC.COC(=O)c1ccc(-c2cnc(NC3CCCCO3)c(C(=N)C(=O)c3ccc(F)c(NSC)c3F)c2)cn1. The number of carbonyl (C=O) groups excluding carboxylic acids is 2. The second-order valence-electron chi connectivity index (χ2n) is 8.34. The van der Waals surface area contributed by atoms with E-state index >= 15 is 4.39 Å². The van der Waals surface area contributed by atoms with Crippen molar-refractivity contribution in [3.63, 3.8) is 0 Å². The Balaban J connectivity index is 0.00000152. The van der Waals surface area contributed by atoms with E-state index in [0.717, 1.165) is 36.9 Å². The van der Waals surface area contributed by atoms with Crippen molar-refractivity contribution in [1.29, 1.82) is 5.41 Å². The largest absolute Gasteiger partial charge is 0.464 e. The Morgan fingerprint density at radius 2 is 1.66 bits per heavy atom. The van der Waals surface area contributed by atoms with Crippen LogP contribution in [0.25, 0.3) is 11.1 Å². The van der Waals surface area contributed by atoms with Gasteiger partial charge in [-0.15, -0.1) is 0 Å². The molecule has 240 valence electrons. The van der Waals surface area contributed by atoms with Crippen molar-refractivity contribution < 1.29 is 27.8 Å². The van der Waals surface area contributed by atoms with Gasteiger partial charge in [0, 0.05) is 41.9 Å². The van der Waals surface area contributed by atoms with E-state index in [1.165, 1.54) is 25.6 Å². The number of ether oxygens (including phenoxy) is 2. The van der Waals surface area contributed by atoms with Crippen LogP contribution in [-0.2, 0) is 9.47 Å². The number of anilines is 2. The number of methoxy groups -OCH3 is 1. The van der Waals surface area contributed by atoms with Crippen molar-refractivity contribution in [3.8, 4) is 11.1 Å². The van der Waals surface area contributed by atoms with Gasteiger partial charge in [-0.25, -0.2) is 23.5 Å². The van der Waals surface area contributed by atoms with Gasteiger partial charge in [-0.3, -0.25) is 10.2 Å². The topological polar surface area (TPSA) is 126 Å². The molecule has 44 heavy (non-hydrogen) atoms. The molecule has 2 aromatic heterocycles. The summed E-state index contributed by atoms with van der Waals surface area (Å²) in [6.45, 7) is 12.6. The number of ketones is 1. The summed E-state index contributed by atoms with van der Waals surface area (Å²) in [6.07, 6.45) is 6.76. The van der Waals surface area contributed by atoms with Crippen molar-refractivity contribution in [2.45, 2.75) is 67.0 Å². The molecule has 1 unspecified atom stereocenters. The van der Waals surface area contributed by atoms with Crippen molar-refractivity contribution in [1.82, 2.24) is 9.97 Å². The van der Waals surface area contributed by atoms with Crippen LogP contribution in [0.1, 0.15) is 87.2 Å². The molecule has 12 heteroatoms. The van der Waals surface area contributed by atoms with Crippen LogP contribution in [0.3, 0.4) is 0 Å². The number of benzene rings is 1. The van der Waals surface area contributed by atoms with Crippen molar-refractivity contribution in [2.24, 2.45) is 0 Å². The summed E-state index contributed by atoms with van der Waals surface area (Å²) >= 11 is 0.970. The first kappa shape index (κ1) is 38.1. The van der Waals surface area contributed by atoms with Crippen molar-refractivity contribution >= 4 is 40.9 Å². The Morgan fingerprint density at radius 3 is 2.23 bits per heavy atom. The third-order valence-electron chi connectivity index (χ3n) is 5.89. The number of rotatable bonds is 9. The van der Waals surface area contributed by atoms with Gasteiger partial charge in [0.25, 0.3) is 0 Å².